The number of methoxy groups -OCH3 is 1. The molecule has 2 amide bonds. The lowest BCUT2D eigenvalue weighted by Gasteiger charge is -2.32. The molecule has 0 heterocycles. The lowest BCUT2D eigenvalue weighted by molar-refractivity contribution is -0.139. The number of hydrogen-bond donors (Lipinski definition) is 1. The van der Waals surface area contributed by atoms with Crippen LogP contribution in [0.4, 0.5) is 5.69 Å². The van der Waals surface area contributed by atoms with Crippen molar-refractivity contribution in [1.82, 2.24) is 10.2 Å². The van der Waals surface area contributed by atoms with Crippen molar-refractivity contribution in [3.05, 3.63) is 83.4 Å². The van der Waals surface area contributed by atoms with Crippen LogP contribution in [0, 0.1) is 0 Å². The Morgan fingerprint density at radius 1 is 0.976 bits per heavy atom. The van der Waals surface area contributed by atoms with Gasteiger partial charge in [0, 0.05) is 18.1 Å². The van der Waals surface area contributed by atoms with Crippen LogP contribution >= 0.6 is 11.6 Å². The van der Waals surface area contributed by atoms with Gasteiger partial charge in [-0.05, 0) is 86.5 Å². The molecular weight excluding hydrogens is 566 g/mol. The molecule has 0 saturated heterocycles. The normalized spacial score (nSPS) is 11.8. The molecular formula is C30H36ClN3O6S. The maximum atomic E-state index is 14.0. The van der Waals surface area contributed by atoms with Crippen molar-refractivity contribution in [3.8, 4) is 11.5 Å². The number of benzene rings is 3. The number of ether oxygens (including phenoxy) is 2. The number of sulfonamides is 1. The molecule has 3 rings (SSSR count). The molecule has 3 aromatic rings. The van der Waals surface area contributed by atoms with E-state index < -0.39 is 28.5 Å². The van der Waals surface area contributed by atoms with Crippen LogP contribution in [0.15, 0.2) is 77.7 Å². The fraction of sp³-hybridized carbons (Fsp3) is 0.333. The summed E-state index contributed by atoms with van der Waals surface area (Å²) in [5.74, 6) is 0.265. The molecule has 0 aliphatic carbocycles. The second kappa shape index (κ2) is 14.7. The van der Waals surface area contributed by atoms with E-state index >= 15 is 0 Å². The summed E-state index contributed by atoms with van der Waals surface area (Å²) in [5.41, 5.74) is 0.988. The highest BCUT2D eigenvalue weighted by atomic mass is 35.5. The number of nitrogens with zero attached hydrogens (tertiary/aromatic N) is 2. The van der Waals surface area contributed by atoms with Crippen LogP contribution in [0.1, 0.15) is 32.8 Å². The summed E-state index contributed by atoms with van der Waals surface area (Å²) in [5, 5.41) is 3.20. The van der Waals surface area contributed by atoms with Gasteiger partial charge >= 0.3 is 0 Å². The van der Waals surface area contributed by atoms with Gasteiger partial charge in [-0.1, -0.05) is 30.7 Å². The van der Waals surface area contributed by atoms with Gasteiger partial charge in [-0.2, -0.15) is 0 Å². The monoisotopic (exact) mass is 601 g/mol. The highest BCUT2D eigenvalue weighted by Crippen LogP contribution is 2.27. The Morgan fingerprint density at radius 3 is 2.27 bits per heavy atom. The van der Waals surface area contributed by atoms with Gasteiger partial charge in [-0.3, -0.25) is 13.9 Å². The van der Waals surface area contributed by atoms with Crippen LogP contribution in [0.2, 0.25) is 5.02 Å². The summed E-state index contributed by atoms with van der Waals surface area (Å²) in [6.45, 7) is 5.82. The Hall–Kier alpha value is -3.76. The number of carbonyl (C=O) groups excluding carboxylic acids is 2. The first-order valence-electron chi connectivity index (χ1n) is 13.3. The van der Waals surface area contributed by atoms with Gasteiger partial charge < -0.3 is 19.7 Å². The molecule has 0 saturated carbocycles. The molecule has 0 bridgehead atoms. The van der Waals surface area contributed by atoms with Gasteiger partial charge in [0.25, 0.3) is 10.0 Å². The Kier molecular flexibility index (Phi) is 11.4. The van der Waals surface area contributed by atoms with E-state index in [0.29, 0.717) is 29.7 Å². The lowest BCUT2D eigenvalue weighted by Crippen LogP contribution is -2.51. The van der Waals surface area contributed by atoms with E-state index in [1.54, 1.807) is 56.5 Å². The third kappa shape index (κ3) is 8.37. The Morgan fingerprint density at radius 2 is 1.66 bits per heavy atom. The second-order valence-corrected chi connectivity index (χ2v) is 11.5. The van der Waals surface area contributed by atoms with Gasteiger partial charge in [-0.25, -0.2) is 8.42 Å². The summed E-state index contributed by atoms with van der Waals surface area (Å²) in [6.07, 6.45) is 0.729. The second-order valence-electron chi connectivity index (χ2n) is 9.23. The molecule has 220 valence electrons. The molecule has 0 aromatic heterocycles. The summed E-state index contributed by atoms with van der Waals surface area (Å²) in [6, 6.07) is 18.4. The smallest absolute Gasteiger partial charge is 0.264 e. The van der Waals surface area contributed by atoms with Crippen molar-refractivity contribution in [2.24, 2.45) is 0 Å². The fourth-order valence-electron chi connectivity index (χ4n) is 4.08. The predicted octanol–water partition coefficient (Wildman–Crippen LogP) is 4.89. The molecule has 41 heavy (non-hydrogen) atoms. The maximum absolute atomic E-state index is 14.0. The Labute approximate surface area is 247 Å². The van der Waals surface area contributed by atoms with Gasteiger partial charge in [0.15, 0.2) is 0 Å². The quantitative estimate of drug-likeness (QED) is 0.282. The molecule has 0 aliphatic rings. The zero-order chi connectivity index (χ0) is 30.0. The number of halogens is 1. The van der Waals surface area contributed by atoms with E-state index in [4.69, 9.17) is 21.1 Å². The molecule has 11 heteroatoms. The molecule has 9 nitrogen and oxygen atoms in total. The average molecular weight is 602 g/mol. The van der Waals surface area contributed by atoms with E-state index in [1.807, 2.05) is 19.9 Å². The van der Waals surface area contributed by atoms with E-state index in [2.05, 4.69) is 5.32 Å². The van der Waals surface area contributed by atoms with Gasteiger partial charge in [-0.15, -0.1) is 0 Å². The molecule has 1 atom stereocenters. The SMILES string of the molecule is CCCNC(=O)[C@@H](C)N(Cc1cccc(OC)c1)C(=O)CN(c1ccc(OCC)cc1)S(=O)(=O)c1ccc(Cl)cc1. The van der Waals surface area contributed by atoms with Crippen molar-refractivity contribution in [3.63, 3.8) is 0 Å². The lowest BCUT2D eigenvalue weighted by atomic mass is 10.1. The minimum Gasteiger partial charge on any atom is -0.497 e. The number of amides is 2. The molecule has 1 N–H and O–H groups in total. The number of carbonyl (C=O) groups is 2. The first-order chi connectivity index (χ1) is 19.6. The van der Waals surface area contributed by atoms with Crippen LogP contribution in [-0.4, -0.2) is 58.0 Å². The van der Waals surface area contributed by atoms with Crippen molar-refractivity contribution in [1.29, 1.82) is 0 Å². The zero-order valence-corrected chi connectivity index (χ0v) is 25.2. The summed E-state index contributed by atoms with van der Waals surface area (Å²) in [4.78, 5) is 28.3. The topological polar surface area (TPSA) is 105 Å². The minimum absolute atomic E-state index is 0.0309. The van der Waals surface area contributed by atoms with Crippen LogP contribution in [0.3, 0.4) is 0 Å². The number of anilines is 1. The largest absolute Gasteiger partial charge is 0.497 e. The minimum atomic E-state index is -4.20. The van der Waals surface area contributed by atoms with Crippen molar-refractivity contribution in [2.45, 2.75) is 44.7 Å². The van der Waals surface area contributed by atoms with Crippen LogP contribution in [0.25, 0.3) is 0 Å². The predicted molar refractivity (Wildman–Crippen MR) is 160 cm³/mol. The van der Waals surface area contributed by atoms with Gasteiger partial charge in [0.1, 0.15) is 24.1 Å². The first-order valence-corrected chi connectivity index (χ1v) is 15.1. The van der Waals surface area contributed by atoms with E-state index in [1.165, 1.54) is 29.2 Å². The molecule has 0 aliphatic heterocycles. The zero-order valence-electron chi connectivity index (χ0n) is 23.7. The van der Waals surface area contributed by atoms with E-state index in [0.717, 1.165) is 16.3 Å². The van der Waals surface area contributed by atoms with Crippen molar-refractivity contribution in [2.75, 3.05) is 31.1 Å². The van der Waals surface area contributed by atoms with E-state index in [-0.39, 0.29) is 23.0 Å². The number of hydrogen-bond acceptors (Lipinski definition) is 6. The average Bonchev–Trinajstić information content (AvgIpc) is 2.97. The highest BCUT2D eigenvalue weighted by molar-refractivity contribution is 7.92. The molecule has 3 aromatic carbocycles. The molecule has 0 radical (unpaired) electrons. The van der Waals surface area contributed by atoms with Crippen LogP contribution in [0.5, 0.6) is 11.5 Å². The maximum Gasteiger partial charge on any atom is 0.264 e. The number of nitrogens with one attached hydrogen (secondary N) is 1. The molecule has 0 fully saturated rings. The fourth-order valence-corrected chi connectivity index (χ4v) is 5.62. The van der Waals surface area contributed by atoms with Gasteiger partial charge in [0.05, 0.1) is 24.3 Å². The van der Waals surface area contributed by atoms with Crippen molar-refractivity contribution < 1.29 is 27.5 Å². The Bertz CT molecular complexity index is 1410. The standard InChI is InChI=1S/C30H36ClN3O6S/c1-5-18-32-30(36)22(3)33(20-23-8-7-9-27(19-23)39-4)29(35)21-34(25-12-14-26(15-13-25)40-6-2)41(37,38)28-16-10-24(31)11-17-28/h7-17,19,22H,5-6,18,20-21H2,1-4H3,(H,32,36)/t22-/m1/s1. The van der Waals surface area contributed by atoms with Crippen molar-refractivity contribution >= 4 is 39.1 Å². The number of rotatable bonds is 14. The summed E-state index contributed by atoms with van der Waals surface area (Å²) in [7, 11) is -2.66. The first kappa shape index (κ1) is 31.8. The molecule has 0 spiro atoms. The van der Waals surface area contributed by atoms with Crippen LogP contribution < -0.4 is 19.1 Å². The highest BCUT2D eigenvalue weighted by Gasteiger charge is 2.32. The third-order valence-corrected chi connectivity index (χ3v) is 8.36. The van der Waals surface area contributed by atoms with Gasteiger partial charge in [0.2, 0.25) is 11.8 Å². The van der Waals surface area contributed by atoms with E-state index in [9.17, 15) is 18.0 Å². The Balaban J connectivity index is 2.03. The van der Waals surface area contributed by atoms with Crippen LogP contribution in [-0.2, 0) is 26.2 Å². The third-order valence-electron chi connectivity index (χ3n) is 6.32. The molecule has 0 unspecified atom stereocenters. The summed E-state index contributed by atoms with van der Waals surface area (Å²) >= 11 is 6.00. The summed E-state index contributed by atoms with van der Waals surface area (Å²) < 4.78 is 39.6.